The Morgan fingerprint density at radius 2 is 1.19 bits per heavy atom. The minimum absolute atomic E-state index is 0.206. The molecule has 1 aliphatic carbocycles. The molecule has 1 saturated carbocycles. The topological polar surface area (TPSA) is 43.4 Å². The Labute approximate surface area is 162 Å². The summed E-state index contributed by atoms with van der Waals surface area (Å²) in [4.78, 5) is 2.11. The van der Waals surface area contributed by atoms with E-state index in [0.717, 1.165) is 28.2 Å². The minimum atomic E-state index is -3.90. The average Bonchev–Trinajstić information content (AvgIpc) is 3.53. The van der Waals surface area contributed by atoms with Crippen molar-refractivity contribution in [2.45, 2.75) is 39.7 Å². The lowest BCUT2D eigenvalue weighted by Gasteiger charge is -2.39. The molecule has 3 aromatic carbocycles. The van der Waals surface area contributed by atoms with Gasteiger partial charge in [-0.25, -0.2) is 3.63 Å². The van der Waals surface area contributed by atoms with Gasteiger partial charge in [0.1, 0.15) is 0 Å². The Hall–Kier alpha value is -2.08. The lowest BCUT2D eigenvalue weighted by molar-refractivity contribution is 0.508. The third-order valence-electron chi connectivity index (χ3n) is 4.69. The molecule has 0 radical (unpaired) electrons. The Kier molecular flexibility index (Phi) is 4.84. The maximum atomic E-state index is 13.2. The number of rotatable bonds is 6. The summed E-state index contributed by atoms with van der Waals surface area (Å²) < 4.78 is 32.7. The van der Waals surface area contributed by atoms with Crippen LogP contribution >= 0.6 is 10.3 Å². The highest BCUT2D eigenvalue weighted by Crippen LogP contribution is 2.73. The maximum Gasteiger partial charge on any atom is 0.306 e. The van der Waals surface area contributed by atoms with Crippen molar-refractivity contribution in [1.29, 1.82) is 0 Å². The highest BCUT2D eigenvalue weighted by molar-refractivity contribution is 8.33. The monoisotopic (exact) mass is 398 g/mol. The molecule has 0 bridgehead atoms. The van der Waals surface area contributed by atoms with Crippen LogP contribution in [0, 0.1) is 6.92 Å². The molecule has 0 saturated heterocycles. The van der Waals surface area contributed by atoms with Crippen LogP contribution in [0.3, 0.4) is 0 Å². The number of hydrogen-bond donors (Lipinski definition) is 0. The van der Waals surface area contributed by atoms with Crippen LogP contribution in [-0.2, 0) is 13.7 Å². The van der Waals surface area contributed by atoms with Gasteiger partial charge in [-0.1, -0.05) is 64.4 Å². The smallest absolute Gasteiger partial charge is 0.207 e. The van der Waals surface area contributed by atoms with Gasteiger partial charge in [0.05, 0.1) is 4.90 Å². The van der Waals surface area contributed by atoms with Gasteiger partial charge in [-0.2, -0.15) is 8.42 Å². The third-order valence-corrected chi connectivity index (χ3v) is 10.5. The molecule has 4 rings (SSSR count). The van der Waals surface area contributed by atoms with Crippen LogP contribution in [0.4, 0.5) is 0 Å². The van der Waals surface area contributed by atoms with E-state index in [0.29, 0.717) is 0 Å². The molecule has 0 aliphatic heterocycles. The van der Waals surface area contributed by atoms with E-state index in [4.69, 9.17) is 3.63 Å². The first-order valence-electron chi connectivity index (χ1n) is 8.97. The second-order valence-electron chi connectivity index (χ2n) is 6.76. The summed E-state index contributed by atoms with van der Waals surface area (Å²) in [6.45, 7) is 1.94. The van der Waals surface area contributed by atoms with Crippen molar-refractivity contribution in [1.82, 2.24) is 0 Å². The molecular weight excluding hydrogens is 376 g/mol. The van der Waals surface area contributed by atoms with E-state index in [-0.39, 0.29) is 10.1 Å². The van der Waals surface area contributed by atoms with E-state index in [1.165, 1.54) is 0 Å². The van der Waals surface area contributed by atoms with Gasteiger partial charge >= 0.3 is 10.1 Å². The van der Waals surface area contributed by atoms with Crippen LogP contribution in [0.1, 0.15) is 18.4 Å². The van der Waals surface area contributed by atoms with E-state index in [2.05, 4.69) is 0 Å². The van der Waals surface area contributed by atoms with E-state index >= 15 is 0 Å². The van der Waals surface area contributed by atoms with Gasteiger partial charge in [-0.05, 0) is 56.2 Å². The van der Waals surface area contributed by atoms with Gasteiger partial charge < -0.3 is 0 Å². The lowest BCUT2D eigenvalue weighted by atomic mass is 10.2. The second-order valence-corrected chi connectivity index (χ2v) is 11.5. The summed E-state index contributed by atoms with van der Waals surface area (Å²) in [5.74, 6) is 0. The largest absolute Gasteiger partial charge is 0.306 e. The highest BCUT2D eigenvalue weighted by Gasteiger charge is 2.48. The number of benzene rings is 3. The first-order valence-corrected chi connectivity index (χ1v) is 12.0. The van der Waals surface area contributed by atoms with E-state index in [1.54, 1.807) is 24.3 Å². The summed E-state index contributed by atoms with van der Waals surface area (Å²) >= 11 is 0. The highest BCUT2D eigenvalue weighted by atomic mass is 32.3. The average molecular weight is 399 g/mol. The molecule has 3 nitrogen and oxygen atoms in total. The normalized spacial score (nSPS) is 15.4. The summed E-state index contributed by atoms with van der Waals surface area (Å²) in [5, 5.41) is 0.211. The zero-order valence-corrected chi connectivity index (χ0v) is 16.7. The van der Waals surface area contributed by atoms with Crippen LogP contribution in [0.2, 0.25) is 0 Å². The zero-order valence-electron chi connectivity index (χ0n) is 15.1. The van der Waals surface area contributed by atoms with E-state index in [1.807, 2.05) is 67.6 Å². The molecule has 0 unspecified atom stereocenters. The van der Waals surface area contributed by atoms with Crippen LogP contribution < -0.4 is 0 Å². The van der Waals surface area contributed by atoms with Gasteiger partial charge in [-0.15, -0.1) is 0 Å². The lowest BCUT2D eigenvalue weighted by Crippen LogP contribution is -2.17. The van der Waals surface area contributed by atoms with Crippen molar-refractivity contribution in [2.24, 2.45) is 0 Å². The molecule has 140 valence electrons. The summed E-state index contributed by atoms with van der Waals surface area (Å²) in [6, 6.07) is 26.5. The van der Waals surface area contributed by atoms with Crippen molar-refractivity contribution < 1.29 is 12.0 Å². The molecule has 1 fully saturated rings. The summed E-state index contributed by atoms with van der Waals surface area (Å²) in [5.41, 5.74) is 1.01. The van der Waals surface area contributed by atoms with Gasteiger partial charge in [-0.3, -0.25) is 0 Å². The molecule has 0 spiro atoms. The van der Waals surface area contributed by atoms with Crippen molar-refractivity contribution in [3.63, 3.8) is 0 Å². The fourth-order valence-electron chi connectivity index (χ4n) is 3.19. The van der Waals surface area contributed by atoms with Crippen LogP contribution in [-0.4, -0.2) is 13.7 Å². The molecule has 0 N–H and O–H groups in total. The SMILES string of the molecule is Cc1ccc(S(=O)(=O)OS(c2ccccc2)(c2ccccc2)C2CC2)cc1. The minimum Gasteiger partial charge on any atom is -0.207 e. The van der Waals surface area contributed by atoms with E-state index < -0.39 is 20.4 Å². The Bertz CT molecular complexity index is 971. The molecule has 0 aromatic heterocycles. The van der Waals surface area contributed by atoms with Gasteiger partial charge in [0.15, 0.2) is 0 Å². The first-order chi connectivity index (χ1) is 13.0. The standard InChI is InChI=1S/C22H22O3S2/c1-18-12-14-22(15-13-18)27(23,24)25-26(21-16-17-21,19-8-4-2-5-9-19)20-10-6-3-7-11-20/h2-15,21H,16-17H2,1H3. The zero-order chi connectivity index (χ0) is 18.9. The van der Waals surface area contributed by atoms with Gasteiger partial charge in [0.2, 0.25) is 0 Å². The molecular formula is C22H22O3S2. The number of hydrogen-bond acceptors (Lipinski definition) is 3. The van der Waals surface area contributed by atoms with Crippen molar-refractivity contribution in [3.8, 4) is 0 Å². The fraction of sp³-hybridized carbons (Fsp3) is 0.182. The third kappa shape index (κ3) is 3.55. The molecule has 1 aliphatic rings. The van der Waals surface area contributed by atoms with E-state index in [9.17, 15) is 8.42 Å². The molecule has 5 heteroatoms. The Balaban J connectivity index is 1.87. The predicted molar refractivity (Wildman–Crippen MR) is 109 cm³/mol. The molecule has 0 heterocycles. The molecule has 3 aromatic rings. The quantitative estimate of drug-likeness (QED) is 0.535. The Morgan fingerprint density at radius 1 is 0.704 bits per heavy atom. The second kappa shape index (κ2) is 7.15. The van der Waals surface area contributed by atoms with Crippen molar-refractivity contribution >= 4 is 20.4 Å². The van der Waals surface area contributed by atoms with Gasteiger partial charge in [0, 0.05) is 15.0 Å². The van der Waals surface area contributed by atoms with Crippen LogP contribution in [0.15, 0.2) is 99.6 Å². The molecule has 27 heavy (non-hydrogen) atoms. The molecule has 0 amide bonds. The predicted octanol–water partition coefficient (Wildman–Crippen LogP) is 5.70. The van der Waals surface area contributed by atoms with Crippen LogP contribution in [0.25, 0.3) is 0 Å². The summed E-state index contributed by atoms with van der Waals surface area (Å²) in [7, 11) is -6.06. The number of aryl methyl sites for hydroxylation is 1. The van der Waals surface area contributed by atoms with Crippen molar-refractivity contribution in [3.05, 3.63) is 90.5 Å². The first kappa shape index (κ1) is 18.3. The van der Waals surface area contributed by atoms with Crippen molar-refractivity contribution in [2.75, 3.05) is 0 Å². The maximum absolute atomic E-state index is 13.2. The summed E-state index contributed by atoms with van der Waals surface area (Å²) in [6.07, 6.45) is 1.95. The van der Waals surface area contributed by atoms with Gasteiger partial charge in [0.25, 0.3) is 0 Å². The molecule has 0 atom stereocenters. The Morgan fingerprint density at radius 3 is 1.63 bits per heavy atom. The fourth-order valence-corrected chi connectivity index (χ4v) is 9.14. The van der Waals surface area contributed by atoms with Crippen LogP contribution in [0.5, 0.6) is 0 Å².